The first kappa shape index (κ1) is 21.1. The Kier molecular flexibility index (Phi) is 6.36. The van der Waals surface area contributed by atoms with Crippen LogP contribution in [0.4, 0.5) is 4.39 Å². The molecule has 0 spiro atoms. The van der Waals surface area contributed by atoms with Crippen molar-refractivity contribution >= 4 is 14.7 Å². The van der Waals surface area contributed by atoms with Crippen molar-refractivity contribution in [1.29, 1.82) is 0 Å². The first-order chi connectivity index (χ1) is 15.1. The van der Waals surface area contributed by atoms with Gasteiger partial charge >= 0.3 is 0 Å². The minimum absolute atomic E-state index is 0.267. The maximum atomic E-state index is 13.7. The normalized spacial score (nSPS) is 10.9. The van der Waals surface area contributed by atoms with E-state index in [1.165, 1.54) is 12.1 Å². The molecule has 31 heavy (non-hydrogen) atoms. The highest BCUT2D eigenvalue weighted by Gasteiger charge is 2.12. The van der Waals surface area contributed by atoms with Gasteiger partial charge in [-0.15, -0.1) is 8.86 Å². The van der Waals surface area contributed by atoms with Gasteiger partial charge in [-0.25, -0.2) is 9.37 Å². The number of rotatable bonds is 7. The van der Waals surface area contributed by atoms with Crippen LogP contribution in [0.25, 0.3) is 22.5 Å². The van der Waals surface area contributed by atoms with Crippen LogP contribution >= 0.6 is 8.86 Å². The maximum Gasteiger partial charge on any atom is 0.123 e. The lowest BCUT2D eigenvalue weighted by Crippen LogP contribution is -2.05. The number of pyridine rings is 1. The molecular formula is C25H24FN4P. The zero-order valence-electron chi connectivity index (χ0n) is 17.3. The molecule has 2 N–H and O–H groups in total. The summed E-state index contributed by atoms with van der Waals surface area (Å²) in [6.45, 7) is 3.20. The lowest BCUT2D eigenvalue weighted by Gasteiger charge is -2.13. The Balaban J connectivity index is 1.70. The molecule has 0 aliphatic heterocycles. The molecule has 0 fully saturated rings. The average Bonchev–Trinajstić information content (AvgIpc) is 3.15. The van der Waals surface area contributed by atoms with Crippen molar-refractivity contribution < 1.29 is 4.39 Å². The van der Waals surface area contributed by atoms with E-state index in [4.69, 9.17) is 5.73 Å². The predicted molar refractivity (Wildman–Crippen MR) is 127 cm³/mol. The van der Waals surface area contributed by atoms with Crippen LogP contribution in [0.15, 0.2) is 67.0 Å². The molecule has 0 aliphatic rings. The molecule has 2 heterocycles. The molecule has 2 aromatic carbocycles. The summed E-state index contributed by atoms with van der Waals surface area (Å²) in [7, 11) is 3.49. The Morgan fingerprint density at radius 2 is 1.97 bits per heavy atom. The van der Waals surface area contributed by atoms with E-state index in [9.17, 15) is 4.39 Å². The summed E-state index contributed by atoms with van der Waals surface area (Å²) >= 11 is 0. The molecule has 6 heteroatoms. The largest absolute Gasteiger partial charge is 0.330 e. The number of imidazole rings is 1. The van der Waals surface area contributed by atoms with E-state index in [0.717, 1.165) is 51.5 Å². The first-order valence-electron chi connectivity index (χ1n) is 10.2. The number of aromatic nitrogens is 3. The van der Waals surface area contributed by atoms with Crippen molar-refractivity contribution in [2.45, 2.75) is 19.9 Å². The first-order valence-corrected chi connectivity index (χ1v) is 10.7. The molecule has 156 valence electrons. The highest BCUT2D eigenvalue weighted by Crippen LogP contribution is 2.26. The molecule has 4 rings (SSSR count). The number of aryl methyl sites for hydroxylation is 1. The van der Waals surface area contributed by atoms with Crippen LogP contribution < -0.4 is 5.73 Å². The van der Waals surface area contributed by atoms with Crippen molar-refractivity contribution in [2.75, 3.05) is 6.54 Å². The summed E-state index contributed by atoms with van der Waals surface area (Å²) in [5, 5.41) is 0. The van der Waals surface area contributed by atoms with Crippen LogP contribution in [0.5, 0.6) is 0 Å². The van der Waals surface area contributed by atoms with Crippen molar-refractivity contribution in [3.8, 4) is 22.5 Å². The van der Waals surface area contributed by atoms with E-state index >= 15 is 0 Å². The second-order valence-corrected chi connectivity index (χ2v) is 7.75. The minimum atomic E-state index is -0.267. The van der Waals surface area contributed by atoms with E-state index in [1.807, 2.05) is 37.2 Å². The van der Waals surface area contributed by atoms with Crippen LogP contribution in [-0.2, 0) is 13.0 Å². The molecule has 0 bridgehead atoms. The number of halogens is 1. The Bertz CT molecular complexity index is 1210. The summed E-state index contributed by atoms with van der Waals surface area (Å²) in [5.41, 5.74) is 12.5. The van der Waals surface area contributed by atoms with Gasteiger partial charge < -0.3 is 10.3 Å². The molecule has 0 saturated carbocycles. The molecule has 4 nitrogen and oxygen atoms in total. The molecule has 4 aromatic rings. The van der Waals surface area contributed by atoms with E-state index in [2.05, 4.69) is 47.7 Å². The van der Waals surface area contributed by atoms with Crippen molar-refractivity contribution in [3.63, 3.8) is 0 Å². The average molecular weight is 430 g/mol. The molecule has 0 amide bonds. The van der Waals surface area contributed by atoms with E-state index in [0.29, 0.717) is 13.1 Å². The lowest BCUT2D eigenvalue weighted by molar-refractivity contribution is 0.628. The monoisotopic (exact) mass is 430 g/mol. The number of hydrogen-bond acceptors (Lipinski definition) is 3. The Morgan fingerprint density at radius 1 is 1.10 bits per heavy atom. The molecule has 0 radical (unpaired) electrons. The molecular weight excluding hydrogens is 406 g/mol. The predicted octanol–water partition coefficient (Wildman–Crippen LogP) is 4.90. The van der Waals surface area contributed by atoms with Crippen LogP contribution in [-0.4, -0.2) is 26.9 Å². The zero-order valence-corrected chi connectivity index (χ0v) is 18.3. The smallest absolute Gasteiger partial charge is 0.123 e. The number of benzene rings is 2. The summed E-state index contributed by atoms with van der Waals surface area (Å²) in [6, 6.07) is 16.9. The number of nitrogens with two attached hydrogens (primary N) is 1. The maximum absolute atomic E-state index is 13.7. The van der Waals surface area contributed by atoms with Gasteiger partial charge in [-0.2, -0.15) is 0 Å². The highest BCUT2D eigenvalue weighted by molar-refractivity contribution is 7.19. The summed E-state index contributed by atoms with van der Waals surface area (Å²) in [4.78, 5) is 9.31. The van der Waals surface area contributed by atoms with Gasteiger partial charge in [-0.05, 0) is 66.6 Å². The van der Waals surface area contributed by atoms with Crippen molar-refractivity contribution in [3.05, 3.63) is 95.3 Å². The van der Waals surface area contributed by atoms with Gasteiger partial charge in [-0.3, -0.25) is 4.98 Å². The standard InChI is InChI=1S/C25H24FN4P/c1-17-29-25(20-3-2-4-22(26)12-20)15-30(17)14-21-11-19(16-31)5-7-23(21)24-8-6-18(9-10-27)13-28-24/h2-8,11-13,15-16,31H,9-10,14,27H2,1H3. The van der Waals surface area contributed by atoms with Crippen LogP contribution in [0.2, 0.25) is 0 Å². The highest BCUT2D eigenvalue weighted by atomic mass is 31.0. The van der Waals surface area contributed by atoms with E-state index in [1.54, 1.807) is 6.07 Å². The van der Waals surface area contributed by atoms with Crippen LogP contribution in [0, 0.1) is 12.7 Å². The Labute approximate surface area is 183 Å². The third-order valence-corrected chi connectivity index (χ3v) is 5.60. The molecule has 2 aromatic heterocycles. The summed E-state index contributed by atoms with van der Waals surface area (Å²) in [6.07, 6.45) is 4.67. The van der Waals surface area contributed by atoms with Gasteiger partial charge in [0.2, 0.25) is 0 Å². The summed E-state index contributed by atoms with van der Waals surface area (Å²) in [5.74, 6) is 2.49. The second-order valence-electron chi connectivity index (χ2n) is 7.46. The third-order valence-electron chi connectivity index (χ3n) is 5.27. The molecule has 0 atom stereocenters. The van der Waals surface area contributed by atoms with E-state index in [-0.39, 0.29) is 5.82 Å². The number of nitrogens with zero attached hydrogens (tertiary/aromatic N) is 3. The topological polar surface area (TPSA) is 56.7 Å². The zero-order chi connectivity index (χ0) is 21.8. The van der Waals surface area contributed by atoms with Crippen LogP contribution in [0.3, 0.4) is 0 Å². The van der Waals surface area contributed by atoms with Crippen molar-refractivity contribution in [2.24, 2.45) is 5.73 Å². The minimum Gasteiger partial charge on any atom is -0.330 e. The van der Waals surface area contributed by atoms with Gasteiger partial charge in [0.15, 0.2) is 0 Å². The van der Waals surface area contributed by atoms with Crippen molar-refractivity contribution in [1.82, 2.24) is 14.5 Å². The summed E-state index contributed by atoms with van der Waals surface area (Å²) < 4.78 is 15.7. The molecule has 0 saturated heterocycles. The molecule has 0 aliphatic carbocycles. The quantitative estimate of drug-likeness (QED) is 0.424. The van der Waals surface area contributed by atoms with Crippen LogP contribution in [0.1, 0.15) is 22.5 Å². The second kappa shape index (κ2) is 9.34. The lowest BCUT2D eigenvalue weighted by atomic mass is 10.0. The van der Waals surface area contributed by atoms with Gasteiger partial charge in [0.1, 0.15) is 11.6 Å². The van der Waals surface area contributed by atoms with Gasteiger partial charge in [0, 0.05) is 30.1 Å². The fourth-order valence-corrected chi connectivity index (χ4v) is 3.80. The van der Waals surface area contributed by atoms with Gasteiger partial charge in [0.25, 0.3) is 0 Å². The fraction of sp³-hybridized carbons (Fsp3) is 0.160. The van der Waals surface area contributed by atoms with Gasteiger partial charge in [0.05, 0.1) is 11.4 Å². The number of hydrogen-bond donors (Lipinski definition) is 1. The fourth-order valence-electron chi connectivity index (χ4n) is 3.62. The SMILES string of the molecule is Cc1nc(-c2cccc(F)c2)cn1Cc1cc(C=P)ccc1-c1ccc(CCN)cn1. The molecule has 0 unspecified atom stereocenters. The third kappa shape index (κ3) is 4.79. The Hall–Kier alpha value is -3.14. The van der Waals surface area contributed by atoms with E-state index < -0.39 is 0 Å². The Morgan fingerprint density at radius 3 is 2.68 bits per heavy atom. The van der Waals surface area contributed by atoms with Gasteiger partial charge in [-0.1, -0.05) is 30.3 Å².